The molecule has 0 radical (unpaired) electrons. The highest BCUT2D eigenvalue weighted by Gasteiger charge is 2.28. The Labute approximate surface area is 181 Å². The Morgan fingerprint density at radius 2 is 1.72 bits per heavy atom. The van der Waals surface area contributed by atoms with Crippen LogP contribution in [-0.2, 0) is 4.79 Å². The molecule has 0 aliphatic carbocycles. The van der Waals surface area contributed by atoms with Crippen LogP contribution in [0, 0.1) is 0 Å². The average molecular weight is 458 g/mol. The number of nitrogens with zero attached hydrogens (tertiary/aromatic N) is 2. The second-order valence-electron chi connectivity index (χ2n) is 7.41. The quantitative estimate of drug-likeness (QED) is 0.669. The summed E-state index contributed by atoms with van der Waals surface area (Å²) in [6.07, 6.45) is 2.78. The van der Waals surface area contributed by atoms with E-state index >= 15 is 0 Å². The van der Waals surface area contributed by atoms with Gasteiger partial charge in [0.15, 0.2) is 0 Å². The molecule has 1 aliphatic heterocycles. The number of rotatable bonds is 7. The molecule has 2 amide bonds. The standard InChI is InChI=1S/C23H28BrN3O2/c1-2-14-27(17-22(28)25-20-10-8-19(24)9-11-20)21-12-15-26(16-13-21)23(29)18-6-4-3-5-7-18/h3-11,21H,2,12-17H2,1H3,(H,25,28). The number of halogens is 1. The highest BCUT2D eigenvalue weighted by Crippen LogP contribution is 2.20. The first kappa shape index (κ1) is 21.5. The Bertz CT molecular complexity index is 803. The van der Waals surface area contributed by atoms with Crippen molar-refractivity contribution in [3.63, 3.8) is 0 Å². The predicted molar refractivity (Wildman–Crippen MR) is 120 cm³/mol. The molecule has 2 aromatic carbocycles. The van der Waals surface area contributed by atoms with Crippen molar-refractivity contribution in [2.45, 2.75) is 32.2 Å². The molecule has 6 heteroatoms. The molecule has 0 bridgehead atoms. The number of hydrogen-bond donors (Lipinski definition) is 1. The van der Waals surface area contributed by atoms with Crippen LogP contribution in [0.1, 0.15) is 36.5 Å². The van der Waals surface area contributed by atoms with E-state index in [0.29, 0.717) is 12.6 Å². The molecule has 1 aliphatic rings. The van der Waals surface area contributed by atoms with E-state index in [1.165, 1.54) is 0 Å². The second kappa shape index (κ2) is 10.6. The van der Waals surface area contributed by atoms with Gasteiger partial charge in [-0.05, 0) is 62.2 Å². The fourth-order valence-electron chi connectivity index (χ4n) is 3.79. The van der Waals surface area contributed by atoms with Crippen LogP contribution in [0.4, 0.5) is 5.69 Å². The third-order valence-corrected chi connectivity index (χ3v) is 5.80. The summed E-state index contributed by atoms with van der Waals surface area (Å²) in [7, 11) is 0. The van der Waals surface area contributed by atoms with Gasteiger partial charge in [0.25, 0.3) is 5.91 Å². The molecular weight excluding hydrogens is 430 g/mol. The smallest absolute Gasteiger partial charge is 0.253 e. The molecule has 1 heterocycles. The van der Waals surface area contributed by atoms with Crippen LogP contribution in [0.5, 0.6) is 0 Å². The summed E-state index contributed by atoms with van der Waals surface area (Å²) in [5.41, 5.74) is 1.54. The molecule has 0 unspecified atom stereocenters. The van der Waals surface area contributed by atoms with Gasteiger partial charge in [0.05, 0.1) is 6.54 Å². The van der Waals surface area contributed by atoms with Gasteiger partial charge in [-0.1, -0.05) is 41.1 Å². The molecule has 3 rings (SSSR count). The molecule has 154 valence electrons. The summed E-state index contributed by atoms with van der Waals surface area (Å²) in [4.78, 5) is 29.4. The van der Waals surface area contributed by atoms with Crippen molar-refractivity contribution >= 4 is 33.4 Å². The number of piperidine rings is 1. The van der Waals surface area contributed by atoms with Gasteiger partial charge in [-0.25, -0.2) is 0 Å². The molecule has 0 spiro atoms. The van der Waals surface area contributed by atoms with E-state index in [4.69, 9.17) is 0 Å². The fraction of sp³-hybridized carbons (Fsp3) is 0.391. The Kier molecular flexibility index (Phi) is 7.83. The SMILES string of the molecule is CCCN(CC(=O)Nc1ccc(Br)cc1)C1CCN(C(=O)c2ccccc2)CC1. The van der Waals surface area contributed by atoms with Crippen LogP contribution < -0.4 is 5.32 Å². The normalized spacial score (nSPS) is 14.8. The first-order chi connectivity index (χ1) is 14.1. The molecule has 29 heavy (non-hydrogen) atoms. The minimum atomic E-state index is 0.00330. The summed E-state index contributed by atoms with van der Waals surface area (Å²) in [6.45, 7) is 4.85. The van der Waals surface area contributed by atoms with Crippen molar-refractivity contribution in [3.8, 4) is 0 Å². The highest BCUT2D eigenvalue weighted by atomic mass is 79.9. The third-order valence-electron chi connectivity index (χ3n) is 5.27. The average Bonchev–Trinajstić information content (AvgIpc) is 2.75. The van der Waals surface area contributed by atoms with E-state index in [1.54, 1.807) is 0 Å². The first-order valence-electron chi connectivity index (χ1n) is 10.2. The van der Waals surface area contributed by atoms with Gasteiger partial charge in [0, 0.05) is 34.9 Å². The van der Waals surface area contributed by atoms with Crippen molar-refractivity contribution in [1.82, 2.24) is 9.80 Å². The number of carbonyl (C=O) groups is 2. The van der Waals surface area contributed by atoms with Crippen molar-refractivity contribution < 1.29 is 9.59 Å². The highest BCUT2D eigenvalue weighted by molar-refractivity contribution is 9.10. The number of benzene rings is 2. The molecule has 0 aromatic heterocycles. The summed E-state index contributed by atoms with van der Waals surface area (Å²) in [6, 6.07) is 17.4. The minimum Gasteiger partial charge on any atom is -0.339 e. The maximum absolute atomic E-state index is 12.7. The van der Waals surface area contributed by atoms with Crippen LogP contribution in [0.3, 0.4) is 0 Å². The van der Waals surface area contributed by atoms with Gasteiger partial charge >= 0.3 is 0 Å². The number of nitrogens with one attached hydrogen (secondary N) is 1. The second-order valence-corrected chi connectivity index (χ2v) is 8.33. The monoisotopic (exact) mass is 457 g/mol. The molecule has 0 atom stereocenters. The molecule has 1 saturated heterocycles. The van der Waals surface area contributed by atoms with E-state index in [9.17, 15) is 9.59 Å². The lowest BCUT2D eigenvalue weighted by Gasteiger charge is -2.38. The van der Waals surface area contributed by atoms with E-state index < -0.39 is 0 Å². The van der Waals surface area contributed by atoms with Gasteiger partial charge in [-0.3, -0.25) is 14.5 Å². The van der Waals surface area contributed by atoms with Crippen molar-refractivity contribution in [2.24, 2.45) is 0 Å². The van der Waals surface area contributed by atoms with Gasteiger partial charge in [0.1, 0.15) is 0 Å². The largest absolute Gasteiger partial charge is 0.339 e. The van der Waals surface area contributed by atoms with Crippen molar-refractivity contribution in [2.75, 3.05) is 31.5 Å². The summed E-state index contributed by atoms with van der Waals surface area (Å²) < 4.78 is 0.986. The lowest BCUT2D eigenvalue weighted by molar-refractivity contribution is -0.118. The lowest BCUT2D eigenvalue weighted by atomic mass is 10.0. The Morgan fingerprint density at radius 3 is 2.34 bits per heavy atom. The summed E-state index contributed by atoms with van der Waals surface area (Å²) >= 11 is 3.41. The Balaban J connectivity index is 1.54. The van der Waals surface area contributed by atoms with Crippen LogP contribution in [0.25, 0.3) is 0 Å². The number of anilines is 1. The molecule has 2 aromatic rings. The van der Waals surface area contributed by atoms with Crippen LogP contribution in [0.2, 0.25) is 0 Å². The Hall–Kier alpha value is -2.18. The van der Waals surface area contributed by atoms with Gasteiger partial charge < -0.3 is 10.2 Å². The zero-order valence-corrected chi connectivity index (χ0v) is 18.4. The van der Waals surface area contributed by atoms with Gasteiger partial charge in [-0.15, -0.1) is 0 Å². The summed E-state index contributed by atoms with van der Waals surface area (Å²) in [5, 5.41) is 2.98. The zero-order valence-electron chi connectivity index (χ0n) is 16.8. The van der Waals surface area contributed by atoms with Crippen LogP contribution in [0.15, 0.2) is 59.1 Å². The third kappa shape index (κ3) is 6.15. The van der Waals surface area contributed by atoms with Crippen LogP contribution >= 0.6 is 15.9 Å². The molecule has 0 saturated carbocycles. The maximum atomic E-state index is 12.7. The maximum Gasteiger partial charge on any atom is 0.253 e. The number of carbonyl (C=O) groups excluding carboxylic acids is 2. The fourth-order valence-corrected chi connectivity index (χ4v) is 4.06. The van der Waals surface area contributed by atoms with Gasteiger partial charge in [0.2, 0.25) is 5.91 Å². The number of likely N-dealkylation sites (tertiary alicyclic amines) is 1. The van der Waals surface area contributed by atoms with E-state index in [2.05, 4.69) is 33.1 Å². The molecule has 1 N–H and O–H groups in total. The lowest BCUT2D eigenvalue weighted by Crippen LogP contribution is -2.49. The molecule has 5 nitrogen and oxygen atoms in total. The van der Waals surface area contributed by atoms with E-state index in [-0.39, 0.29) is 11.8 Å². The van der Waals surface area contributed by atoms with E-state index in [0.717, 1.165) is 54.6 Å². The molecule has 1 fully saturated rings. The minimum absolute atomic E-state index is 0.00330. The van der Waals surface area contributed by atoms with Gasteiger partial charge in [-0.2, -0.15) is 0 Å². The number of amides is 2. The van der Waals surface area contributed by atoms with E-state index in [1.807, 2.05) is 59.5 Å². The predicted octanol–water partition coefficient (Wildman–Crippen LogP) is 4.40. The molecular formula is C23H28BrN3O2. The van der Waals surface area contributed by atoms with Crippen molar-refractivity contribution in [3.05, 3.63) is 64.6 Å². The Morgan fingerprint density at radius 1 is 1.07 bits per heavy atom. The zero-order chi connectivity index (χ0) is 20.6. The topological polar surface area (TPSA) is 52.7 Å². The first-order valence-corrected chi connectivity index (χ1v) is 11.0. The van der Waals surface area contributed by atoms with Crippen molar-refractivity contribution in [1.29, 1.82) is 0 Å². The summed E-state index contributed by atoms with van der Waals surface area (Å²) in [5.74, 6) is 0.0997. The number of hydrogen-bond acceptors (Lipinski definition) is 3. The van der Waals surface area contributed by atoms with Crippen LogP contribution in [-0.4, -0.2) is 53.8 Å².